The van der Waals surface area contributed by atoms with Crippen LogP contribution in [0.4, 0.5) is 0 Å². The number of pyridine rings is 1. The lowest BCUT2D eigenvalue weighted by Crippen LogP contribution is -2.35. The maximum Gasteiger partial charge on any atom is 0.0271 e. The minimum Gasteiger partial charge on any atom is -0.298 e. The normalized spacial score (nSPS) is 25.2. The van der Waals surface area contributed by atoms with E-state index < -0.39 is 0 Å². The van der Waals surface area contributed by atoms with Crippen molar-refractivity contribution in [1.29, 1.82) is 0 Å². The summed E-state index contributed by atoms with van der Waals surface area (Å²) in [4.78, 5) is 6.56. The third-order valence-electron chi connectivity index (χ3n) is 3.47. The smallest absolute Gasteiger partial charge is 0.0271 e. The van der Waals surface area contributed by atoms with Crippen LogP contribution < -0.4 is 0 Å². The molecule has 0 amide bonds. The van der Waals surface area contributed by atoms with Crippen molar-refractivity contribution in [3.05, 3.63) is 30.1 Å². The van der Waals surface area contributed by atoms with Crippen LogP contribution in [0, 0.1) is 0 Å². The largest absolute Gasteiger partial charge is 0.298 e. The van der Waals surface area contributed by atoms with E-state index in [1.807, 2.05) is 24.2 Å². The molecule has 0 unspecified atom stereocenters. The van der Waals surface area contributed by atoms with Gasteiger partial charge in [0, 0.05) is 30.2 Å². The highest BCUT2D eigenvalue weighted by Gasteiger charge is 2.29. The molecule has 1 aromatic heterocycles. The predicted octanol–water partition coefficient (Wildman–Crippen LogP) is 2.80. The molecule has 0 spiro atoms. The maximum absolute atomic E-state index is 4.06. The summed E-state index contributed by atoms with van der Waals surface area (Å²) in [6.07, 6.45) is 10.1. The molecule has 2 nitrogen and oxygen atoms in total. The van der Waals surface area contributed by atoms with Gasteiger partial charge in [-0.3, -0.25) is 9.88 Å². The first-order valence-corrected chi connectivity index (χ1v) is 7.22. The van der Waals surface area contributed by atoms with Gasteiger partial charge in [0.1, 0.15) is 0 Å². The average molecular weight is 236 g/mol. The van der Waals surface area contributed by atoms with Gasteiger partial charge >= 0.3 is 0 Å². The molecule has 1 aromatic rings. The number of aromatic nitrogens is 1. The second kappa shape index (κ2) is 5.69. The molecular weight excluding hydrogens is 216 g/mol. The summed E-state index contributed by atoms with van der Waals surface area (Å²) in [5.41, 5.74) is 1.37. The zero-order valence-electron chi connectivity index (χ0n) is 10.1. The first-order valence-electron chi connectivity index (χ1n) is 5.93. The second-order valence-corrected chi connectivity index (χ2v) is 5.62. The van der Waals surface area contributed by atoms with Crippen molar-refractivity contribution in [2.24, 2.45) is 0 Å². The van der Waals surface area contributed by atoms with E-state index in [1.54, 1.807) is 0 Å². The fraction of sp³-hybridized carbons (Fsp3) is 0.615. The molecule has 0 N–H and O–H groups in total. The number of nitrogens with zero attached hydrogens (tertiary/aromatic N) is 2. The van der Waals surface area contributed by atoms with Gasteiger partial charge in [-0.15, -0.1) is 0 Å². The molecule has 2 atom stereocenters. The van der Waals surface area contributed by atoms with Crippen LogP contribution in [-0.2, 0) is 6.54 Å². The lowest BCUT2D eigenvalue weighted by atomic mass is 10.2. The summed E-state index contributed by atoms with van der Waals surface area (Å²) < 4.78 is 0. The lowest BCUT2D eigenvalue weighted by Gasteiger charge is -2.28. The van der Waals surface area contributed by atoms with Gasteiger partial charge in [0.25, 0.3) is 0 Å². The Morgan fingerprint density at radius 3 is 2.81 bits per heavy atom. The zero-order valence-corrected chi connectivity index (χ0v) is 10.9. The van der Waals surface area contributed by atoms with Crippen LogP contribution in [0.3, 0.4) is 0 Å². The van der Waals surface area contributed by atoms with Gasteiger partial charge in [0.05, 0.1) is 0 Å². The molecule has 1 aliphatic rings. The molecule has 1 saturated carbocycles. The summed E-state index contributed by atoms with van der Waals surface area (Å²) in [6.45, 7) is 1.05. The Morgan fingerprint density at radius 1 is 1.38 bits per heavy atom. The second-order valence-electron chi connectivity index (χ2n) is 4.54. The van der Waals surface area contributed by atoms with Crippen molar-refractivity contribution < 1.29 is 0 Å². The minimum absolute atomic E-state index is 0.753. The number of hydrogen-bond donors (Lipinski definition) is 0. The quantitative estimate of drug-likeness (QED) is 0.799. The van der Waals surface area contributed by atoms with E-state index in [1.165, 1.54) is 24.8 Å². The van der Waals surface area contributed by atoms with Crippen LogP contribution in [0.15, 0.2) is 24.5 Å². The number of rotatable bonds is 4. The van der Waals surface area contributed by atoms with E-state index in [-0.39, 0.29) is 0 Å². The van der Waals surface area contributed by atoms with E-state index in [2.05, 4.69) is 35.3 Å². The van der Waals surface area contributed by atoms with Crippen LogP contribution in [0.25, 0.3) is 0 Å². The molecule has 88 valence electrons. The topological polar surface area (TPSA) is 16.1 Å². The molecule has 0 radical (unpaired) electrons. The molecule has 3 heteroatoms. The third kappa shape index (κ3) is 2.77. The molecule has 1 fully saturated rings. The molecular formula is C13H20N2S. The van der Waals surface area contributed by atoms with Gasteiger partial charge in [0.15, 0.2) is 0 Å². The minimum atomic E-state index is 0.753. The molecule has 2 rings (SSSR count). The number of hydrogen-bond acceptors (Lipinski definition) is 3. The standard InChI is InChI=1S/C13H20N2S/c1-15(10-11-6-8-14-9-7-11)12-4-3-5-13(12)16-2/h6-9,12-13H,3-5,10H2,1-2H3/t12-,13+/m0/s1. The molecule has 1 heterocycles. The Bertz CT molecular complexity index is 315. The van der Waals surface area contributed by atoms with Crippen LogP contribution >= 0.6 is 11.8 Å². The maximum atomic E-state index is 4.06. The van der Waals surface area contributed by atoms with Gasteiger partial charge in [-0.05, 0) is 43.8 Å². The zero-order chi connectivity index (χ0) is 11.4. The van der Waals surface area contributed by atoms with E-state index in [9.17, 15) is 0 Å². The summed E-state index contributed by atoms with van der Waals surface area (Å²) >= 11 is 2.03. The van der Waals surface area contributed by atoms with Crippen LogP contribution in [0.5, 0.6) is 0 Å². The van der Waals surface area contributed by atoms with E-state index in [4.69, 9.17) is 0 Å². The fourth-order valence-corrected chi connectivity index (χ4v) is 3.64. The van der Waals surface area contributed by atoms with Crippen molar-refractivity contribution in [3.8, 4) is 0 Å². The monoisotopic (exact) mass is 236 g/mol. The highest BCUT2D eigenvalue weighted by Crippen LogP contribution is 2.32. The van der Waals surface area contributed by atoms with E-state index in [0.29, 0.717) is 0 Å². The van der Waals surface area contributed by atoms with Gasteiger partial charge in [-0.25, -0.2) is 0 Å². The molecule has 0 bridgehead atoms. The number of thioether (sulfide) groups is 1. The Morgan fingerprint density at radius 2 is 2.12 bits per heavy atom. The van der Waals surface area contributed by atoms with Crippen LogP contribution in [0.1, 0.15) is 24.8 Å². The molecule has 0 saturated heterocycles. The van der Waals surface area contributed by atoms with Crippen molar-refractivity contribution in [1.82, 2.24) is 9.88 Å². The summed E-state index contributed by atoms with van der Waals surface area (Å²) in [5, 5.41) is 0.826. The first kappa shape index (κ1) is 11.9. The average Bonchev–Trinajstić information content (AvgIpc) is 2.78. The van der Waals surface area contributed by atoms with Crippen molar-refractivity contribution in [3.63, 3.8) is 0 Å². The first-order chi connectivity index (χ1) is 7.81. The van der Waals surface area contributed by atoms with Crippen molar-refractivity contribution >= 4 is 11.8 Å². The van der Waals surface area contributed by atoms with Crippen molar-refractivity contribution in [2.45, 2.75) is 37.1 Å². The molecule has 0 aromatic carbocycles. The summed E-state index contributed by atoms with van der Waals surface area (Å²) in [5.74, 6) is 0. The Balaban J connectivity index is 1.95. The van der Waals surface area contributed by atoms with E-state index >= 15 is 0 Å². The highest BCUT2D eigenvalue weighted by atomic mass is 32.2. The third-order valence-corrected chi connectivity index (χ3v) is 4.62. The van der Waals surface area contributed by atoms with Crippen LogP contribution in [-0.4, -0.2) is 34.5 Å². The Kier molecular flexibility index (Phi) is 4.24. The SMILES string of the molecule is CS[C@@H]1CCC[C@@H]1N(C)Cc1ccncc1. The Hall–Kier alpha value is -0.540. The van der Waals surface area contributed by atoms with Gasteiger partial charge in [-0.2, -0.15) is 11.8 Å². The van der Waals surface area contributed by atoms with Crippen LogP contribution in [0.2, 0.25) is 0 Å². The fourth-order valence-electron chi connectivity index (χ4n) is 2.58. The Labute approximate surface area is 102 Å². The lowest BCUT2D eigenvalue weighted by molar-refractivity contribution is 0.241. The van der Waals surface area contributed by atoms with Crippen molar-refractivity contribution in [2.75, 3.05) is 13.3 Å². The molecule has 16 heavy (non-hydrogen) atoms. The molecule has 1 aliphatic carbocycles. The van der Waals surface area contributed by atoms with Gasteiger partial charge in [-0.1, -0.05) is 6.42 Å². The molecule has 0 aliphatic heterocycles. The van der Waals surface area contributed by atoms with Gasteiger partial charge in [0.2, 0.25) is 0 Å². The van der Waals surface area contributed by atoms with Gasteiger partial charge < -0.3 is 0 Å². The highest BCUT2D eigenvalue weighted by molar-refractivity contribution is 7.99. The van der Waals surface area contributed by atoms with E-state index in [0.717, 1.165) is 17.8 Å². The summed E-state index contributed by atoms with van der Waals surface area (Å²) in [6, 6.07) is 4.97. The summed E-state index contributed by atoms with van der Waals surface area (Å²) in [7, 11) is 2.25. The predicted molar refractivity (Wildman–Crippen MR) is 70.6 cm³/mol.